The second-order valence-electron chi connectivity index (χ2n) is 6.26. The molecule has 0 aliphatic carbocycles. The highest BCUT2D eigenvalue weighted by Gasteiger charge is 2.08. The van der Waals surface area contributed by atoms with E-state index in [1.54, 1.807) is 6.33 Å². The average molecular weight is 318 g/mol. The highest BCUT2D eigenvalue weighted by atomic mass is 16.1. The van der Waals surface area contributed by atoms with E-state index in [1.807, 2.05) is 23.9 Å². The second-order valence-corrected chi connectivity index (χ2v) is 6.26. The van der Waals surface area contributed by atoms with Gasteiger partial charge >= 0.3 is 0 Å². The Kier molecular flexibility index (Phi) is 4.90. The van der Waals surface area contributed by atoms with Crippen LogP contribution in [0.3, 0.4) is 0 Å². The minimum absolute atomic E-state index is 0.232. The summed E-state index contributed by atoms with van der Waals surface area (Å²) in [7, 11) is 1.92. The molecule has 0 bridgehead atoms. The average Bonchev–Trinajstić information content (AvgIpc) is 2.99. The van der Waals surface area contributed by atoms with Gasteiger partial charge in [-0.2, -0.15) is 0 Å². The Hall–Kier alpha value is -2.68. The third kappa shape index (κ3) is 3.99. The Labute approximate surface area is 143 Å². The van der Waals surface area contributed by atoms with Crippen LogP contribution in [0.25, 0.3) is 11.1 Å². The van der Waals surface area contributed by atoms with Crippen molar-refractivity contribution >= 4 is 5.78 Å². The van der Waals surface area contributed by atoms with Crippen molar-refractivity contribution in [3.63, 3.8) is 0 Å². The van der Waals surface area contributed by atoms with Gasteiger partial charge in [-0.3, -0.25) is 4.79 Å². The molecular weight excluding hydrogens is 296 g/mol. The zero-order chi connectivity index (χ0) is 16.9. The molecule has 0 atom stereocenters. The van der Waals surface area contributed by atoms with Gasteiger partial charge in [0.1, 0.15) is 5.78 Å². The van der Waals surface area contributed by atoms with Crippen molar-refractivity contribution in [2.24, 2.45) is 7.05 Å². The van der Waals surface area contributed by atoms with E-state index >= 15 is 0 Å². The molecule has 0 saturated heterocycles. The van der Waals surface area contributed by atoms with Gasteiger partial charge in [0.15, 0.2) is 0 Å². The SMILES string of the molecule is Cc1ccc(CCC(=O)Cc2cn(C)cn2)cc1-c1ccccc1. The molecule has 1 aromatic heterocycles. The van der Waals surface area contributed by atoms with Gasteiger partial charge in [0.05, 0.1) is 18.4 Å². The van der Waals surface area contributed by atoms with Crippen molar-refractivity contribution < 1.29 is 4.79 Å². The van der Waals surface area contributed by atoms with E-state index in [0.29, 0.717) is 12.8 Å². The summed E-state index contributed by atoms with van der Waals surface area (Å²) in [5.74, 6) is 0.232. The number of Topliss-reactive ketones (excluding diaryl/α,β-unsaturated/α-hetero) is 1. The summed E-state index contributed by atoms with van der Waals surface area (Å²) in [5, 5.41) is 0. The van der Waals surface area contributed by atoms with Crippen molar-refractivity contribution in [1.82, 2.24) is 9.55 Å². The number of hydrogen-bond donors (Lipinski definition) is 0. The summed E-state index contributed by atoms with van der Waals surface area (Å²) >= 11 is 0. The molecule has 3 aromatic rings. The summed E-state index contributed by atoms with van der Waals surface area (Å²) in [5.41, 5.74) is 5.76. The van der Waals surface area contributed by atoms with Crippen molar-refractivity contribution in [2.45, 2.75) is 26.2 Å². The molecule has 122 valence electrons. The van der Waals surface area contributed by atoms with Gasteiger partial charge in [0.25, 0.3) is 0 Å². The zero-order valence-electron chi connectivity index (χ0n) is 14.2. The molecule has 0 saturated carbocycles. The molecule has 3 rings (SSSR count). The van der Waals surface area contributed by atoms with E-state index in [-0.39, 0.29) is 5.78 Å². The molecule has 3 nitrogen and oxygen atoms in total. The maximum Gasteiger partial charge on any atom is 0.139 e. The first-order chi connectivity index (χ1) is 11.6. The number of aromatic nitrogens is 2. The first-order valence-electron chi connectivity index (χ1n) is 8.25. The molecule has 0 aliphatic heterocycles. The van der Waals surface area contributed by atoms with Gasteiger partial charge in [-0.25, -0.2) is 4.98 Å². The van der Waals surface area contributed by atoms with E-state index in [9.17, 15) is 4.79 Å². The molecule has 0 spiro atoms. The monoisotopic (exact) mass is 318 g/mol. The minimum Gasteiger partial charge on any atom is -0.340 e. The van der Waals surface area contributed by atoms with E-state index in [1.165, 1.54) is 22.3 Å². The molecule has 1 heterocycles. The number of benzene rings is 2. The number of hydrogen-bond acceptors (Lipinski definition) is 2. The fourth-order valence-corrected chi connectivity index (χ4v) is 2.89. The van der Waals surface area contributed by atoms with Crippen LogP contribution in [-0.4, -0.2) is 15.3 Å². The first-order valence-corrected chi connectivity index (χ1v) is 8.25. The van der Waals surface area contributed by atoms with Crippen LogP contribution in [0.4, 0.5) is 0 Å². The molecule has 0 N–H and O–H groups in total. The highest BCUT2D eigenvalue weighted by Crippen LogP contribution is 2.25. The third-order valence-corrected chi connectivity index (χ3v) is 4.22. The van der Waals surface area contributed by atoms with Crippen LogP contribution in [-0.2, 0) is 24.7 Å². The van der Waals surface area contributed by atoms with Gasteiger partial charge in [0.2, 0.25) is 0 Å². The third-order valence-electron chi connectivity index (χ3n) is 4.22. The van der Waals surface area contributed by atoms with E-state index in [0.717, 1.165) is 12.1 Å². The lowest BCUT2D eigenvalue weighted by molar-refractivity contribution is -0.118. The lowest BCUT2D eigenvalue weighted by atomic mass is 9.96. The van der Waals surface area contributed by atoms with Crippen molar-refractivity contribution in [3.8, 4) is 11.1 Å². The molecular formula is C21H22N2O. The number of carbonyl (C=O) groups excluding carboxylic acids is 1. The number of ketones is 1. The summed E-state index contributed by atoms with van der Waals surface area (Å²) in [6.45, 7) is 2.12. The molecule has 3 heteroatoms. The summed E-state index contributed by atoms with van der Waals surface area (Å²) in [6, 6.07) is 16.8. The van der Waals surface area contributed by atoms with Crippen LogP contribution in [0.5, 0.6) is 0 Å². The van der Waals surface area contributed by atoms with E-state index < -0.39 is 0 Å². The summed E-state index contributed by atoms with van der Waals surface area (Å²) in [6.07, 6.45) is 5.36. The second kappa shape index (κ2) is 7.26. The van der Waals surface area contributed by atoms with Gasteiger partial charge in [0, 0.05) is 19.7 Å². The number of carbonyl (C=O) groups is 1. The van der Waals surface area contributed by atoms with Crippen molar-refractivity contribution in [3.05, 3.63) is 77.9 Å². The molecule has 24 heavy (non-hydrogen) atoms. The number of imidazole rings is 1. The molecule has 0 unspecified atom stereocenters. The molecule has 2 aromatic carbocycles. The normalized spacial score (nSPS) is 10.8. The zero-order valence-corrected chi connectivity index (χ0v) is 14.2. The van der Waals surface area contributed by atoms with Crippen LogP contribution >= 0.6 is 0 Å². The predicted molar refractivity (Wildman–Crippen MR) is 96.9 cm³/mol. The van der Waals surface area contributed by atoms with Gasteiger partial charge in [-0.1, -0.05) is 48.5 Å². The molecule has 0 radical (unpaired) electrons. The molecule has 0 amide bonds. The van der Waals surface area contributed by atoms with E-state index in [2.05, 4.69) is 54.4 Å². The smallest absolute Gasteiger partial charge is 0.139 e. The Morgan fingerprint density at radius 3 is 2.62 bits per heavy atom. The predicted octanol–water partition coefficient (Wildman–Crippen LogP) is 4.14. The number of nitrogens with zero attached hydrogens (tertiary/aromatic N) is 2. The Morgan fingerprint density at radius 2 is 1.92 bits per heavy atom. The van der Waals surface area contributed by atoms with Gasteiger partial charge < -0.3 is 4.57 Å². The Morgan fingerprint density at radius 1 is 1.12 bits per heavy atom. The van der Waals surface area contributed by atoms with Crippen LogP contribution < -0.4 is 0 Å². The summed E-state index contributed by atoms with van der Waals surface area (Å²) < 4.78 is 1.87. The fraction of sp³-hybridized carbons (Fsp3) is 0.238. The van der Waals surface area contributed by atoms with Crippen molar-refractivity contribution in [2.75, 3.05) is 0 Å². The maximum atomic E-state index is 12.2. The maximum absolute atomic E-state index is 12.2. The Bertz CT molecular complexity index is 834. The van der Waals surface area contributed by atoms with Crippen LogP contribution in [0.1, 0.15) is 23.2 Å². The number of aryl methyl sites for hydroxylation is 3. The van der Waals surface area contributed by atoms with Crippen LogP contribution in [0, 0.1) is 6.92 Å². The largest absolute Gasteiger partial charge is 0.340 e. The molecule has 0 aliphatic rings. The molecule has 0 fully saturated rings. The number of rotatable bonds is 6. The van der Waals surface area contributed by atoms with E-state index in [4.69, 9.17) is 0 Å². The van der Waals surface area contributed by atoms with Gasteiger partial charge in [-0.15, -0.1) is 0 Å². The van der Waals surface area contributed by atoms with Gasteiger partial charge in [-0.05, 0) is 35.6 Å². The van der Waals surface area contributed by atoms with Crippen LogP contribution in [0.15, 0.2) is 61.1 Å². The van der Waals surface area contributed by atoms with Crippen molar-refractivity contribution in [1.29, 1.82) is 0 Å². The Balaban J connectivity index is 1.66. The first kappa shape index (κ1) is 16.2. The summed E-state index contributed by atoms with van der Waals surface area (Å²) in [4.78, 5) is 16.4. The lowest BCUT2D eigenvalue weighted by Gasteiger charge is -2.09. The quantitative estimate of drug-likeness (QED) is 0.684. The fourth-order valence-electron chi connectivity index (χ4n) is 2.89. The highest BCUT2D eigenvalue weighted by molar-refractivity contribution is 5.80. The van der Waals surface area contributed by atoms with Crippen LogP contribution in [0.2, 0.25) is 0 Å². The minimum atomic E-state index is 0.232. The topological polar surface area (TPSA) is 34.9 Å². The lowest BCUT2D eigenvalue weighted by Crippen LogP contribution is -2.05. The standard InChI is InChI=1S/C21H22N2O/c1-16-8-9-17(12-21(16)18-6-4-3-5-7-18)10-11-20(24)13-19-14-23(2)15-22-19/h3-9,12,14-15H,10-11,13H2,1-2H3.